The highest BCUT2D eigenvalue weighted by Gasteiger charge is 2.16. The second kappa shape index (κ2) is 5.98. The third-order valence-corrected chi connectivity index (χ3v) is 3.35. The van der Waals surface area contributed by atoms with Crippen LogP contribution in [0.25, 0.3) is 0 Å². The van der Waals surface area contributed by atoms with Crippen LogP contribution in [0.1, 0.15) is 12.5 Å². The minimum atomic E-state index is 0.191. The molecule has 0 spiro atoms. The molecule has 0 saturated carbocycles. The van der Waals surface area contributed by atoms with Crippen LogP contribution in [-0.4, -0.2) is 54.3 Å². The Balaban J connectivity index is 1.94. The fraction of sp³-hybridized carbons (Fsp3) is 0.615. The maximum atomic E-state index is 8.85. The highest BCUT2D eigenvalue weighted by atomic mass is 16.2. The molecule has 2 rings (SSSR count). The van der Waals surface area contributed by atoms with Gasteiger partial charge >= 0.3 is 0 Å². The number of anilines is 1. The topological polar surface area (TPSA) is 39.6 Å². The SMILES string of the molecule is CCN1CCN(c2ccc(CCO)cn2)CC1. The number of piperazine rings is 1. The molecule has 0 aromatic carbocycles. The van der Waals surface area contributed by atoms with Crippen molar-refractivity contribution in [1.29, 1.82) is 0 Å². The van der Waals surface area contributed by atoms with Gasteiger partial charge in [-0.1, -0.05) is 13.0 Å². The predicted molar refractivity (Wildman–Crippen MR) is 69.4 cm³/mol. The monoisotopic (exact) mass is 235 g/mol. The second-order valence-electron chi connectivity index (χ2n) is 4.42. The summed E-state index contributed by atoms with van der Waals surface area (Å²) in [5.41, 5.74) is 1.10. The largest absolute Gasteiger partial charge is 0.396 e. The van der Waals surface area contributed by atoms with Gasteiger partial charge in [0.15, 0.2) is 0 Å². The van der Waals surface area contributed by atoms with Crippen molar-refractivity contribution in [1.82, 2.24) is 9.88 Å². The molecule has 1 N–H and O–H groups in total. The van der Waals surface area contributed by atoms with Crippen LogP contribution in [0.2, 0.25) is 0 Å². The average molecular weight is 235 g/mol. The first-order valence-electron chi connectivity index (χ1n) is 6.36. The smallest absolute Gasteiger partial charge is 0.128 e. The molecule has 17 heavy (non-hydrogen) atoms. The molecule has 1 fully saturated rings. The van der Waals surface area contributed by atoms with Crippen LogP contribution < -0.4 is 4.90 Å². The Kier molecular flexibility index (Phi) is 4.34. The quantitative estimate of drug-likeness (QED) is 0.836. The van der Waals surface area contributed by atoms with Gasteiger partial charge in [-0.25, -0.2) is 4.98 Å². The number of nitrogens with zero attached hydrogens (tertiary/aromatic N) is 3. The summed E-state index contributed by atoms with van der Waals surface area (Å²) in [6, 6.07) is 4.12. The summed E-state index contributed by atoms with van der Waals surface area (Å²) < 4.78 is 0. The van der Waals surface area contributed by atoms with Crippen LogP contribution in [-0.2, 0) is 6.42 Å². The number of pyridine rings is 1. The molecule has 4 nitrogen and oxygen atoms in total. The molecule has 0 bridgehead atoms. The molecule has 1 aromatic rings. The molecule has 1 aromatic heterocycles. The van der Waals surface area contributed by atoms with E-state index in [2.05, 4.69) is 33.8 Å². The predicted octanol–water partition coefficient (Wildman–Crippen LogP) is 0.758. The van der Waals surface area contributed by atoms with Crippen LogP contribution in [0.4, 0.5) is 5.82 Å². The lowest BCUT2D eigenvalue weighted by atomic mass is 10.2. The molecule has 0 amide bonds. The van der Waals surface area contributed by atoms with Crippen LogP contribution >= 0.6 is 0 Å². The molecule has 0 atom stereocenters. The lowest BCUT2D eigenvalue weighted by Crippen LogP contribution is -2.46. The van der Waals surface area contributed by atoms with Crippen LogP contribution in [0.15, 0.2) is 18.3 Å². The van der Waals surface area contributed by atoms with Crippen molar-refractivity contribution in [2.24, 2.45) is 0 Å². The lowest BCUT2D eigenvalue weighted by molar-refractivity contribution is 0.270. The number of aliphatic hydroxyl groups excluding tert-OH is 1. The highest BCUT2D eigenvalue weighted by Crippen LogP contribution is 2.14. The summed E-state index contributed by atoms with van der Waals surface area (Å²) >= 11 is 0. The number of hydrogen-bond acceptors (Lipinski definition) is 4. The standard InChI is InChI=1S/C13H21N3O/c1-2-15-6-8-16(9-7-15)13-4-3-12(5-10-17)11-14-13/h3-4,11,17H,2,5-10H2,1H3. The minimum Gasteiger partial charge on any atom is -0.396 e. The van der Waals surface area contributed by atoms with Gasteiger partial charge < -0.3 is 14.9 Å². The molecule has 0 radical (unpaired) electrons. The summed E-state index contributed by atoms with van der Waals surface area (Å²) in [4.78, 5) is 9.25. The van der Waals surface area contributed by atoms with Gasteiger partial charge in [0.25, 0.3) is 0 Å². The average Bonchev–Trinajstić information content (AvgIpc) is 2.40. The molecule has 4 heteroatoms. The zero-order valence-corrected chi connectivity index (χ0v) is 10.5. The first-order valence-corrected chi connectivity index (χ1v) is 6.36. The Morgan fingerprint density at radius 1 is 1.24 bits per heavy atom. The fourth-order valence-corrected chi connectivity index (χ4v) is 2.17. The Bertz CT molecular complexity index is 331. The number of rotatable bonds is 4. The normalized spacial score (nSPS) is 17.4. The first-order chi connectivity index (χ1) is 8.33. The maximum absolute atomic E-state index is 8.85. The van der Waals surface area contributed by atoms with Gasteiger partial charge in [-0.15, -0.1) is 0 Å². The summed E-state index contributed by atoms with van der Waals surface area (Å²) in [5, 5.41) is 8.85. The van der Waals surface area contributed by atoms with Gasteiger partial charge in [0, 0.05) is 39.0 Å². The van der Waals surface area contributed by atoms with Crippen molar-refractivity contribution in [2.75, 3.05) is 44.2 Å². The van der Waals surface area contributed by atoms with E-state index in [9.17, 15) is 0 Å². The molecule has 2 heterocycles. The summed E-state index contributed by atoms with van der Waals surface area (Å²) in [6.45, 7) is 7.89. The van der Waals surface area contributed by atoms with Gasteiger partial charge in [-0.3, -0.25) is 0 Å². The van der Waals surface area contributed by atoms with Crippen LogP contribution in [0.5, 0.6) is 0 Å². The Morgan fingerprint density at radius 2 is 2.00 bits per heavy atom. The van der Waals surface area contributed by atoms with E-state index in [0.717, 1.165) is 44.1 Å². The zero-order chi connectivity index (χ0) is 12.1. The van der Waals surface area contributed by atoms with Crippen molar-refractivity contribution in [3.05, 3.63) is 23.9 Å². The third-order valence-electron chi connectivity index (χ3n) is 3.35. The number of aromatic nitrogens is 1. The minimum absolute atomic E-state index is 0.191. The van der Waals surface area contributed by atoms with Gasteiger partial charge in [0.2, 0.25) is 0 Å². The summed E-state index contributed by atoms with van der Waals surface area (Å²) in [5.74, 6) is 1.06. The van der Waals surface area contributed by atoms with E-state index >= 15 is 0 Å². The molecule has 1 aliphatic rings. The molecule has 94 valence electrons. The second-order valence-corrected chi connectivity index (χ2v) is 4.42. The Morgan fingerprint density at radius 3 is 2.53 bits per heavy atom. The Hall–Kier alpha value is -1.13. The van der Waals surface area contributed by atoms with E-state index < -0.39 is 0 Å². The van der Waals surface area contributed by atoms with Crippen molar-refractivity contribution in [2.45, 2.75) is 13.3 Å². The van der Waals surface area contributed by atoms with Gasteiger partial charge in [0.1, 0.15) is 5.82 Å². The van der Waals surface area contributed by atoms with Crippen LogP contribution in [0, 0.1) is 0 Å². The molecule has 0 aliphatic carbocycles. The first kappa shape index (κ1) is 12.3. The van der Waals surface area contributed by atoms with Crippen molar-refractivity contribution in [3.8, 4) is 0 Å². The fourth-order valence-electron chi connectivity index (χ4n) is 2.17. The molecule has 1 saturated heterocycles. The molecule has 0 unspecified atom stereocenters. The van der Waals surface area contributed by atoms with Gasteiger partial charge in [-0.05, 0) is 24.6 Å². The van der Waals surface area contributed by atoms with E-state index in [1.165, 1.54) is 0 Å². The maximum Gasteiger partial charge on any atom is 0.128 e. The molecular formula is C13H21N3O. The number of hydrogen-bond donors (Lipinski definition) is 1. The van der Waals surface area contributed by atoms with Crippen LogP contribution in [0.3, 0.4) is 0 Å². The third kappa shape index (κ3) is 3.17. The number of aliphatic hydroxyl groups is 1. The van der Waals surface area contributed by atoms with E-state index in [-0.39, 0.29) is 6.61 Å². The lowest BCUT2D eigenvalue weighted by Gasteiger charge is -2.34. The van der Waals surface area contributed by atoms with E-state index in [0.29, 0.717) is 6.42 Å². The van der Waals surface area contributed by atoms with E-state index in [1.807, 2.05) is 6.20 Å². The highest BCUT2D eigenvalue weighted by molar-refractivity contribution is 5.39. The Labute approximate surface area is 103 Å². The molecule has 1 aliphatic heterocycles. The number of likely N-dealkylation sites (N-methyl/N-ethyl adjacent to an activating group) is 1. The molecular weight excluding hydrogens is 214 g/mol. The van der Waals surface area contributed by atoms with Crippen molar-refractivity contribution in [3.63, 3.8) is 0 Å². The van der Waals surface area contributed by atoms with Crippen molar-refractivity contribution >= 4 is 5.82 Å². The summed E-state index contributed by atoms with van der Waals surface area (Å²) in [7, 11) is 0. The van der Waals surface area contributed by atoms with E-state index in [4.69, 9.17) is 5.11 Å². The van der Waals surface area contributed by atoms with Crippen molar-refractivity contribution < 1.29 is 5.11 Å². The van der Waals surface area contributed by atoms with Gasteiger partial charge in [0.05, 0.1) is 0 Å². The zero-order valence-electron chi connectivity index (χ0n) is 10.5. The van der Waals surface area contributed by atoms with Gasteiger partial charge in [-0.2, -0.15) is 0 Å². The van der Waals surface area contributed by atoms with E-state index in [1.54, 1.807) is 0 Å². The summed E-state index contributed by atoms with van der Waals surface area (Å²) in [6.07, 6.45) is 2.56.